The molecule has 9 nitrogen and oxygen atoms in total. The summed E-state index contributed by atoms with van der Waals surface area (Å²) in [5.74, 6) is -1.73. The number of hydrogen-bond acceptors (Lipinski definition) is 6. The minimum absolute atomic E-state index is 0.00102. The molecule has 3 N–H and O–H groups in total. The fourth-order valence-electron chi connectivity index (χ4n) is 4.25. The second-order valence-corrected chi connectivity index (χ2v) is 8.81. The quantitative estimate of drug-likeness (QED) is 0.290. The number of rotatable bonds is 5. The van der Waals surface area contributed by atoms with Gasteiger partial charge in [-0.2, -0.15) is 0 Å². The van der Waals surface area contributed by atoms with Crippen LogP contribution in [-0.4, -0.2) is 26.0 Å². The van der Waals surface area contributed by atoms with Gasteiger partial charge in [0.15, 0.2) is 11.4 Å². The molecule has 0 bridgehead atoms. The van der Waals surface area contributed by atoms with E-state index in [1.54, 1.807) is 6.92 Å². The number of nitrogens with one attached hydrogen (secondary N) is 1. The van der Waals surface area contributed by atoms with Crippen molar-refractivity contribution in [2.75, 3.05) is 0 Å². The first kappa shape index (κ1) is 22.7. The molecule has 10 heteroatoms. The molecule has 0 amide bonds. The number of furan rings is 1. The van der Waals surface area contributed by atoms with Crippen molar-refractivity contribution in [1.82, 2.24) is 9.78 Å². The first-order chi connectivity index (χ1) is 16.8. The Kier molecular flexibility index (Phi) is 5.78. The highest BCUT2D eigenvalue weighted by Crippen LogP contribution is 2.41. The molecule has 2 aromatic carbocycles. The van der Waals surface area contributed by atoms with Crippen LogP contribution in [-0.2, 0) is 12.8 Å². The summed E-state index contributed by atoms with van der Waals surface area (Å²) in [6.45, 7) is 1.71. The molecule has 1 aliphatic rings. The number of aromatic carboxylic acids is 1. The van der Waals surface area contributed by atoms with Crippen molar-refractivity contribution >= 4 is 28.9 Å². The minimum Gasteiger partial charge on any atom is -0.505 e. The topological polar surface area (TPSA) is 133 Å². The number of aromatic hydroxyl groups is 1. The second-order valence-electron chi connectivity index (χ2n) is 8.38. The lowest BCUT2D eigenvalue weighted by Gasteiger charge is -2.16. The standard InChI is InChI=1S/C25H21ClN4O5/c1-13-22(24(32)30(29-13)17-7-6-14-4-2-3-5-15(14)10-17)28-27-19-12-16(26)11-18(23(19)31)20-8-9-21(35-20)25(33)34/h6-12,29,31H,2-5H2,1H3,(H,33,34). The zero-order chi connectivity index (χ0) is 24.7. The zero-order valence-electron chi connectivity index (χ0n) is 18.7. The van der Waals surface area contributed by atoms with Crippen LogP contribution in [0.15, 0.2) is 61.9 Å². The van der Waals surface area contributed by atoms with Crippen LogP contribution in [0.2, 0.25) is 5.02 Å². The molecule has 0 unspecified atom stereocenters. The van der Waals surface area contributed by atoms with Crippen molar-refractivity contribution in [1.29, 1.82) is 0 Å². The Bertz CT molecular complexity index is 1550. The Balaban J connectivity index is 1.50. The Labute approximate surface area is 204 Å². The van der Waals surface area contributed by atoms with Gasteiger partial charge in [0, 0.05) is 5.02 Å². The van der Waals surface area contributed by atoms with E-state index in [0.29, 0.717) is 5.69 Å². The highest BCUT2D eigenvalue weighted by Gasteiger charge is 2.18. The van der Waals surface area contributed by atoms with Crippen molar-refractivity contribution in [3.05, 3.63) is 80.4 Å². The molecule has 0 aliphatic heterocycles. The fourth-order valence-corrected chi connectivity index (χ4v) is 4.46. The monoisotopic (exact) mass is 492 g/mol. The van der Waals surface area contributed by atoms with Crippen molar-refractivity contribution < 1.29 is 19.4 Å². The van der Waals surface area contributed by atoms with E-state index in [-0.39, 0.29) is 44.8 Å². The molecule has 0 fully saturated rings. The van der Waals surface area contributed by atoms with Crippen molar-refractivity contribution in [3.63, 3.8) is 0 Å². The zero-order valence-corrected chi connectivity index (χ0v) is 19.5. The van der Waals surface area contributed by atoms with Gasteiger partial charge in [0.25, 0.3) is 5.56 Å². The van der Waals surface area contributed by atoms with E-state index in [0.717, 1.165) is 24.9 Å². The smallest absolute Gasteiger partial charge is 0.371 e. The number of carbonyl (C=O) groups is 1. The third-order valence-electron chi connectivity index (χ3n) is 6.03. The Hall–Kier alpha value is -4.11. The average molecular weight is 493 g/mol. The molecule has 2 aromatic heterocycles. The lowest BCUT2D eigenvalue weighted by atomic mass is 9.91. The molecular weight excluding hydrogens is 472 g/mol. The van der Waals surface area contributed by atoms with E-state index in [1.165, 1.54) is 46.5 Å². The van der Waals surface area contributed by atoms with E-state index >= 15 is 0 Å². The molecule has 0 saturated heterocycles. The molecule has 5 rings (SSSR count). The number of hydrogen-bond donors (Lipinski definition) is 3. The van der Waals surface area contributed by atoms with Gasteiger partial charge < -0.3 is 14.6 Å². The Morgan fingerprint density at radius 3 is 2.60 bits per heavy atom. The lowest BCUT2D eigenvalue weighted by molar-refractivity contribution is 0.0663. The Morgan fingerprint density at radius 2 is 1.86 bits per heavy atom. The molecule has 178 valence electrons. The number of aromatic nitrogens is 2. The normalized spacial score (nSPS) is 13.3. The van der Waals surface area contributed by atoms with E-state index in [2.05, 4.69) is 21.4 Å². The van der Waals surface area contributed by atoms with Crippen molar-refractivity contribution in [2.45, 2.75) is 32.6 Å². The van der Waals surface area contributed by atoms with Crippen LogP contribution < -0.4 is 5.56 Å². The highest BCUT2D eigenvalue weighted by molar-refractivity contribution is 6.31. The molecule has 2 heterocycles. The molecule has 0 spiro atoms. The van der Waals surface area contributed by atoms with E-state index < -0.39 is 5.97 Å². The number of benzene rings is 2. The average Bonchev–Trinajstić information content (AvgIpc) is 3.44. The maximum atomic E-state index is 13.1. The minimum atomic E-state index is -1.24. The molecule has 35 heavy (non-hydrogen) atoms. The van der Waals surface area contributed by atoms with Gasteiger partial charge in [-0.05, 0) is 80.1 Å². The van der Waals surface area contributed by atoms with Gasteiger partial charge in [0.1, 0.15) is 11.4 Å². The van der Waals surface area contributed by atoms with Gasteiger partial charge in [-0.1, -0.05) is 17.7 Å². The van der Waals surface area contributed by atoms with Gasteiger partial charge in [-0.3, -0.25) is 9.89 Å². The summed E-state index contributed by atoms with van der Waals surface area (Å²) in [7, 11) is 0. The van der Waals surface area contributed by atoms with Crippen LogP contribution in [0.3, 0.4) is 0 Å². The number of phenolic OH excluding ortho intramolecular Hbond substituents is 1. The fraction of sp³-hybridized carbons (Fsp3) is 0.200. The summed E-state index contributed by atoms with van der Waals surface area (Å²) < 4.78 is 6.69. The van der Waals surface area contributed by atoms with Gasteiger partial charge in [0.2, 0.25) is 5.76 Å². The SMILES string of the molecule is Cc1[nH]n(-c2ccc3c(c2)CCCC3)c(=O)c1N=Nc1cc(Cl)cc(-c2ccc(C(=O)O)o2)c1O. The Morgan fingerprint density at radius 1 is 1.09 bits per heavy atom. The number of aryl methyl sites for hydroxylation is 3. The van der Waals surface area contributed by atoms with Crippen LogP contribution in [0, 0.1) is 6.92 Å². The maximum Gasteiger partial charge on any atom is 0.371 e. The number of fused-ring (bicyclic) bond motifs is 1. The summed E-state index contributed by atoms with van der Waals surface area (Å²) in [4.78, 5) is 24.2. The number of carboxylic acid groups (broad SMARTS) is 1. The predicted octanol–water partition coefficient (Wildman–Crippen LogP) is 6.09. The summed E-state index contributed by atoms with van der Waals surface area (Å²) >= 11 is 6.18. The summed E-state index contributed by atoms with van der Waals surface area (Å²) in [6, 6.07) is 11.5. The number of halogens is 1. The number of nitrogens with zero attached hydrogens (tertiary/aromatic N) is 3. The molecule has 1 aliphatic carbocycles. The van der Waals surface area contributed by atoms with Gasteiger partial charge >= 0.3 is 5.97 Å². The van der Waals surface area contributed by atoms with Crippen LogP contribution in [0.25, 0.3) is 17.0 Å². The van der Waals surface area contributed by atoms with Crippen LogP contribution in [0.1, 0.15) is 40.2 Å². The molecular formula is C25H21ClN4O5. The second kappa shape index (κ2) is 8.92. The number of H-pyrrole nitrogens is 1. The van der Waals surface area contributed by atoms with Gasteiger partial charge in [-0.25, -0.2) is 9.48 Å². The largest absolute Gasteiger partial charge is 0.505 e. The predicted molar refractivity (Wildman–Crippen MR) is 130 cm³/mol. The first-order valence-corrected chi connectivity index (χ1v) is 11.4. The van der Waals surface area contributed by atoms with Crippen molar-refractivity contribution in [3.8, 4) is 22.8 Å². The molecule has 0 radical (unpaired) electrons. The number of phenols is 1. The van der Waals surface area contributed by atoms with Crippen LogP contribution >= 0.6 is 11.6 Å². The lowest BCUT2D eigenvalue weighted by Crippen LogP contribution is -2.15. The van der Waals surface area contributed by atoms with Gasteiger partial charge in [0.05, 0.1) is 16.9 Å². The number of azo groups is 1. The first-order valence-electron chi connectivity index (χ1n) is 11.0. The maximum absolute atomic E-state index is 13.1. The number of carboxylic acids is 1. The van der Waals surface area contributed by atoms with E-state index in [4.69, 9.17) is 21.1 Å². The third-order valence-corrected chi connectivity index (χ3v) is 6.24. The molecule has 0 atom stereocenters. The molecule has 0 saturated carbocycles. The van der Waals surface area contributed by atoms with Crippen LogP contribution in [0.4, 0.5) is 11.4 Å². The number of aromatic amines is 1. The highest BCUT2D eigenvalue weighted by atomic mass is 35.5. The van der Waals surface area contributed by atoms with E-state index in [9.17, 15) is 14.7 Å². The van der Waals surface area contributed by atoms with Gasteiger partial charge in [-0.15, -0.1) is 10.2 Å². The molecule has 4 aromatic rings. The van der Waals surface area contributed by atoms with Crippen LogP contribution in [0.5, 0.6) is 5.75 Å². The summed E-state index contributed by atoms with van der Waals surface area (Å²) in [5.41, 5.74) is 3.66. The third kappa shape index (κ3) is 4.26. The van der Waals surface area contributed by atoms with E-state index in [1.807, 2.05) is 12.1 Å². The summed E-state index contributed by atoms with van der Waals surface area (Å²) in [6.07, 6.45) is 4.35. The van der Waals surface area contributed by atoms with Crippen molar-refractivity contribution in [2.24, 2.45) is 10.2 Å². The summed E-state index contributed by atoms with van der Waals surface area (Å²) in [5, 5.41) is 31.2.